The predicted molar refractivity (Wildman–Crippen MR) is 114 cm³/mol. The minimum atomic E-state index is -1.35. The molecule has 0 aromatic carbocycles. The fourth-order valence-corrected chi connectivity index (χ4v) is 4.46. The van der Waals surface area contributed by atoms with Gasteiger partial charge >= 0.3 is 11.9 Å². The minimum Gasteiger partial charge on any atom is -0.481 e. The Bertz CT molecular complexity index is 489. The van der Waals surface area contributed by atoms with E-state index in [0.717, 1.165) is 51.4 Å². The number of carboxylic acids is 2. The van der Waals surface area contributed by atoms with Crippen LogP contribution in [0, 0.1) is 10.8 Å². The molecule has 1 aliphatic carbocycles. The van der Waals surface area contributed by atoms with Gasteiger partial charge in [-0.1, -0.05) is 115 Å². The molecule has 0 heterocycles. The number of carboxylic acid groups (broad SMARTS) is 2. The first-order chi connectivity index (χ1) is 13.5. The number of rotatable bonds is 16. The highest BCUT2D eigenvalue weighted by molar-refractivity contribution is 5.90. The molecule has 2 N–H and O–H groups in total. The molecule has 1 aliphatic rings. The van der Waals surface area contributed by atoms with Crippen molar-refractivity contribution in [3.8, 4) is 0 Å². The van der Waals surface area contributed by atoms with Crippen LogP contribution in [-0.2, 0) is 9.59 Å². The van der Waals surface area contributed by atoms with Crippen LogP contribution >= 0.6 is 0 Å². The SMILES string of the molecule is CCCCCCCCC1(C(=O)O)C=CC=CC1(CCCCCCCC)C(=O)O. The van der Waals surface area contributed by atoms with Crippen molar-refractivity contribution in [2.24, 2.45) is 10.8 Å². The van der Waals surface area contributed by atoms with Crippen molar-refractivity contribution in [2.45, 2.75) is 104 Å². The van der Waals surface area contributed by atoms with Crippen molar-refractivity contribution in [3.63, 3.8) is 0 Å². The van der Waals surface area contributed by atoms with Crippen LogP contribution in [0.2, 0.25) is 0 Å². The summed E-state index contributed by atoms with van der Waals surface area (Å²) < 4.78 is 0. The number of hydrogen-bond acceptors (Lipinski definition) is 2. The van der Waals surface area contributed by atoms with Crippen molar-refractivity contribution in [1.82, 2.24) is 0 Å². The Labute approximate surface area is 171 Å². The molecule has 4 heteroatoms. The molecule has 0 radical (unpaired) electrons. The fraction of sp³-hybridized carbons (Fsp3) is 0.750. The van der Waals surface area contributed by atoms with E-state index in [1.54, 1.807) is 24.3 Å². The van der Waals surface area contributed by atoms with E-state index in [0.29, 0.717) is 12.8 Å². The van der Waals surface area contributed by atoms with Crippen molar-refractivity contribution in [2.75, 3.05) is 0 Å². The summed E-state index contributed by atoms with van der Waals surface area (Å²) in [7, 11) is 0. The number of hydrogen-bond donors (Lipinski definition) is 2. The second-order valence-corrected chi connectivity index (χ2v) is 8.31. The first kappa shape index (κ1) is 24.5. The van der Waals surface area contributed by atoms with E-state index in [9.17, 15) is 19.8 Å². The molecule has 28 heavy (non-hydrogen) atoms. The van der Waals surface area contributed by atoms with Gasteiger partial charge in [-0.05, 0) is 12.8 Å². The van der Waals surface area contributed by atoms with Gasteiger partial charge in [0.25, 0.3) is 0 Å². The smallest absolute Gasteiger partial charge is 0.315 e. The third-order valence-electron chi connectivity index (χ3n) is 6.28. The standard InChI is InChI=1S/C24H40O4/c1-3-5-7-9-11-13-17-23(21(25)26)19-15-16-20-24(23,22(27)28)18-14-12-10-8-6-4-2/h15-16,19-20H,3-14,17-18H2,1-2H3,(H,25,26)(H,27,28). The third kappa shape index (κ3) is 6.22. The zero-order valence-corrected chi connectivity index (χ0v) is 17.9. The van der Waals surface area contributed by atoms with Crippen molar-refractivity contribution in [3.05, 3.63) is 24.3 Å². The monoisotopic (exact) mass is 392 g/mol. The predicted octanol–water partition coefficient (Wildman–Crippen LogP) is 6.76. The Morgan fingerprint density at radius 1 is 0.607 bits per heavy atom. The number of unbranched alkanes of at least 4 members (excludes halogenated alkanes) is 10. The molecule has 2 atom stereocenters. The van der Waals surface area contributed by atoms with Crippen molar-refractivity contribution in [1.29, 1.82) is 0 Å². The lowest BCUT2D eigenvalue weighted by Gasteiger charge is -2.43. The molecular weight excluding hydrogens is 352 g/mol. The summed E-state index contributed by atoms with van der Waals surface area (Å²) in [6, 6.07) is 0. The van der Waals surface area contributed by atoms with Gasteiger partial charge in [-0.15, -0.1) is 0 Å². The first-order valence-corrected chi connectivity index (χ1v) is 11.3. The van der Waals surface area contributed by atoms with Crippen LogP contribution in [0.25, 0.3) is 0 Å². The maximum absolute atomic E-state index is 12.4. The maximum atomic E-state index is 12.4. The average Bonchev–Trinajstić information content (AvgIpc) is 2.67. The van der Waals surface area contributed by atoms with E-state index >= 15 is 0 Å². The number of carbonyl (C=O) groups is 2. The molecule has 0 saturated carbocycles. The molecule has 4 nitrogen and oxygen atoms in total. The van der Waals surface area contributed by atoms with Crippen molar-refractivity contribution < 1.29 is 19.8 Å². The van der Waals surface area contributed by atoms with E-state index in [4.69, 9.17) is 0 Å². The normalized spacial score (nSPS) is 23.8. The van der Waals surface area contributed by atoms with Crippen LogP contribution in [0.4, 0.5) is 0 Å². The summed E-state index contributed by atoms with van der Waals surface area (Å²) >= 11 is 0. The maximum Gasteiger partial charge on any atom is 0.315 e. The number of aliphatic carboxylic acids is 2. The van der Waals surface area contributed by atoms with Gasteiger partial charge in [0.1, 0.15) is 10.8 Å². The Balaban J connectivity index is 2.86. The second kappa shape index (κ2) is 12.8. The van der Waals surface area contributed by atoms with E-state index in [2.05, 4.69) is 13.8 Å². The van der Waals surface area contributed by atoms with Gasteiger partial charge in [0.15, 0.2) is 0 Å². The minimum absolute atomic E-state index is 0.386. The van der Waals surface area contributed by atoms with Crippen LogP contribution in [-0.4, -0.2) is 22.2 Å². The molecule has 0 amide bonds. The summed E-state index contributed by atoms with van der Waals surface area (Å²) in [6.07, 6.45) is 20.1. The topological polar surface area (TPSA) is 74.6 Å². The lowest BCUT2D eigenvalue weighted by molar-refractivity contribution is -0.167. The molecule has 160 valence electrons. The van der Waals surface area contributed by atoms with Gasteiger partial charge < -0.3 is 10.2 Å². The Morgan fingerprint density at radius 3 is 1.25 bits per heavy atom. The highest BCUT2D eigenvalue weighted by Gasteiger charge is 2.58. The Morgan fingerprint density at radius 2 is 0.929 bits per heavy atom. The van der Waals surface area contributed by atoms with Gasteiger partial charge in [0, 0.05) is 0 Å². The molecule has 0 spiro atoms. The molecule has 0 aromatic rings. The Hall–Kier alpha value is -1.58. The molecule has 0 aromatic heterocycles. The summed E-state index contributed by atoms with van der Waals surface area (Å²) in [5, 5.41) is 20.3. The number of allylic oxidation sites excluding steroid dienone is 2. The van der Waals surface area contributed by atoms with Gasteiger partial charge in [0.2, 0.25) is 0 Å². The van der Waals surface area contributed by atoms with E-state index in [-0.39, 0.29) is 0 Å². The van der Waals surface area contributed by atoms with Crippen LogP contribution in [0.15, 0.2) is 24.3 Å². The van der Waals surface area contributed by atoms with Gasteiger partial charge in [-0.25, -0.2) is 0 Å². The molecule has 0 saturated heterocycles. The highest BCUT2D eigenvalue weighted by atomic mass is 16.4. The van der Waals surface area contributed by atoms with Gasteiger partial charge in [0.05, 0.1) is 0 Å². The zero-order valence-electron chi connectivity index (χ0n) is 17.9. The fourth-order valence-electron chi connectivity index (χ4n) is 4.46. The van der Waals surface area contributed by atoms with Gasteiger partial charge in [-0.3, -0.25) is 9.59 Å². The highest BCUT2D eigenvalue weighted by Crippen LogP contribution is 2.52. The van der Waals surface area contributed by atoms with E-state index in [1.165, 1.54) is 25.7 Å². The lowest BCUT2D eigenvalue weighted by atomic mass is 9.57. The largest absolute Gasteiger partial charge is 0.481 e. The molecule has 0 aliphatic heterocycles. The first-order valence-electron chi connectivity index (χ1n) is 11.3. The second-order valence-electron chi connectivity index (χ2n) is 8.31. The molecule has 0 fully saturated rings. The Kier molecular flexibility index (Phi) is 11.2. The van der Waals surface area contributed by atoms with Crippen LogP contribution < -0.4 is 0 Å². The summed E-state index contributed by atoms with van der Waals surface area (Å²) in [5.41, 5.74) is -2.69. The molecular formula is C24H40O4. The van der Waals surface area contributed by atoms with Gasteiger partial charge in [-0.2, -0.15) is 0 Å². The quantitative estimate of drug-likeness (QED) is 0.285. The third-order valence-corrected chi connectivity index (χ3v) is 6.28. The summed E-state index contributed by atoms with van der Waals surface area (Å²) in [6.45, 7) is 4.34. The van der Waals surface area contributed by atoms with Crippen LogP contribution in [0.1, 0.15) is 104 Å². The van der Waals surface area contributed by atoms with E-state index < -0.39 is 22.8 Å². The zero-order chi connectivity index (χ0) is 20.9. The molecule has 1 rings (SSSR count). The van der Waals surface area contributed by atoms with Crippen LogP contribution in [0.5, 0.6) is 0 Å². The van der Waals surface area contributed by atoms with E-state index in [1.807, 2.05) is 0 Å². The summed E-state index contributed by atoms with van der Waals surface area (Å²) in [4.78, 5) is 24.8. The average molecular weight is 393 g/mol. The van der Waals surface area contributed by atoms with Crippen molar-refractivity contribution >= 4 is 11.9 Å². The molecule has 2 unspecified atom stereocenters. The lowest BCUT2D eigenvalue weighted by Crippen LogP contribution is -2.51. The summed E-state index contributed by atoms with van der Waals surface area (Å²) in [5.74, 6) is -2.01. The van der Waals surface area contributed by atoms with Crippen LogP contribution in [0.3, 0.4) is 0 Å². The molecule has 0 bridgehead atoms.